The van der Waals surface area contributed by atoms with E-state index in [4.69, 9.17) is 5.73 Å². The third-order valence-corrected chi connectivity index (χ3v) is 3.99. The molecule has 2 N–H and O–H groups in total. The highest BCUT2D eigenvalue weighted by Crippen LogP contribution is 2.24. The quantitative estimate of drug-likeness (QED) is 0.675. The molecule has 1 aliphatic rings. The lowest BCUT2D eigenvalue weighted by Gasteiger charge is -2.26. The first-order valence-electron chi connectivity index (χ1n) is 7.44. The Labute approximate surface area is 121 Å². The molecule has 0 saturated heterocycles. The van der Waals surface area contributed by atoms with Gasteiger partial charge in [-0.2, -0.15) is 0 Å². The smallest absolute Gasteiger partial charge is 0.246 e. The summed E-state index contributed by atoms with van der Waals surface area (Å²) in [6.07, 6.45) is 10.00. The van der Waals surface area contributed by atoms with Crippen molar-refractivity contribution < 1.29 is 4.79 Å². The molecule has 108 valence electrons. The van der Waals surface area contributed by atoms with Crippen molar-refractivity contribution in [1.29, 1.82) is 0 Å². The number of benzene rings is 1. The maximum Gasteiger partial charge on any atom is 0.246 e. The van der Waals surface area contributed by atoms with Crippen molar-refractivity contribution in [3.63, 3.8) is 0 Å². The van der Waals surface area contributed by atoms with E-state index in [1.54, 1.807) is 6.08 Å². The molecule has 1 aromatic rings. The lowest BCUT2D eigenvalue weighted by molar-refractivity contribution is -0.125. The van der Waals surface area contributed by atoms with Gasteiger partial charge in [0.15, 0.2) is 0 Å². The Morgan fingerprint density at radius 2 is 1.90 bits per heavy atom. The Morgan fingerprint density at radius 1 is 1.25 bits per heavy atom. The van der Waals surface area contributed by atoms with Gasteiger partial charge in [-0.1, -0.05) is 31.4 Å². The molecule has 20 heavy (non-hydrogen) atoms. The molecule has 0 atom stereocenters. The SMILES string of the molecule is CN(CC1CCCCC1)C(=O)/C=C/c1ccc(N)cc1. The number of carbonyl (C=O) groups is 1. The Kier molecular flexibility index (Phi) is 5.22. The Morgan fingerprint density at radius 3 is 2.55 bits per heavy atom. The van der Waals surface area contributed by atoms with Gasteiger partial charge in [-0.05, 0) is 42.5 Å². The largest absolute Gasteiger partial charge is 0.399 e. The van der Waals surface area contributed by atoms with E-state index in [0.29, 0.717) is 5.92 Å². The number of hydrogen-bond donors (Lipinski definition) is 1. The van der Waals surface area contributed by atoms with Crippen LogP contribution in [-0.2, 0) is 4.79 Å². The van der Waals surface area contributed by atoms with E-state index in [1.807, 2.05) is 42.3 Å². The zero-order valence-corrected chi connectivity index (χ0v) is 12.2. The second kappa shape index (κ2) is 7.13. The van der Waals surface area contributed by atoms with Crippen LogP contribution in [0.3, 0.4) is 0 Å². The van der Waals surface area contributed by atoms with Gasteiger partial charge in [0.1, 0.15) is 0 Å². The van der Waals surface area contributed by atoms with Crippen LogP contribution in [0.4, 0.5) is 5.69 Å². The van der Waals surface area contributed by atoms with Crippen molar-refractivity contribution in [1.82, 2.24) is 4.90 Å². The van der Waals surface area contributed by atoms with Gasteiger partial charge in [0.25, 0.3) is 0 Å². The fourth-order valence-corrected chi connectivity index (χ4v) is 2.75. The van der Waals surface area contributed by atoms with E-state index < -0.39 is 0 Å². The van der Waals surface area contributed by atoms with Crippen LogP contribution in [0, 0.1) is 5.92 Å². The number of anilines is 1. The molecule has 1 amide bonds. The first-order valence-corrected chi connectivity index (χ1v) is 7.44. The molecule has 1 aromatic carbocycles. The first kappa shape index (κ1) is 14.6. The molecule has 0 spiro atoms. The van der Waals surface area contributed by atoms with Crippen molar-refractivity contribution in [3.05, 3.63) is 35.9 Å². The predicted molar refractivity (Wildman–Crippen MR) is 84.1 cm³/mol. The van der Waals surface area contributed by atoms with Gasteiger partial charge >= 0.3 is 0 Å². The molecule has 0 aliphatic heterocycles. The highest BCUT2D eigenvalue weighted by atomic mass is 16.2. The number of nitrogens with two attached hydrogens (primary N) is 1. The van der Waals surface area contributed by atoms with Gasteiger partial charge < -0.3 is 10.6 Å². The van der Waals surface area contributed by atoms with Crippen LogP contribution < -0.4 is 5.73 Å². The van der Waals surface area contributed by atoms with Gasteiger partial charge in [0.05, 0.1) is 0 Å². The molecule has 0 radical (unpaired) electrons. The molecule has 0 bridgehead atoms. The molecule has 1 saturated carbocycles. The van der Waals surface area contributed by atoms with Gasteiger partial charge in [0.2, 0.25) is 5.91 Å². The fraction of sp³-hybridized carbons (Fsp3) is 0.471. The summed E-state index contributed by atoms with van der Waals surface area (Å²) in [6, 6.07) is 7.52. The Balaban J connectivity index is 1.85. The number of carbonyl (C=O) groups excluding carboxylic acids is 1. The molecular weight excluding hydrogens is 248 g/mol. The van der Waals surface area contributed by atoms with Crippen LogP contribution in [0.2, 0.25) is 0 Å². The summed E-state index contributed by atoms with van der Waals surface area (Å²) in [5, 5.41) is 0. The van der Waals surface area contributed by atoms with Crippen LogP contribution >= 0.6 is 0 Å². The first-order chi connectivity index (χ1) is 9.65. The van der Waals surface area contributed by atoms with Crippen molar-refractivity contribution in [2.24, 2.45) is 5.92 Å². The van der Waals surface area contributed by atoms with Crippen LogP contribution in [0.5, 0.6) is 0 Å². The number of rotatable bonds is 4. The topological polar surface area (TPSA) is 46.3 Å². The zero-order chi connectivity index (χ0) is 14.4. The van der Waals surface area contributed by atoms with E-state index in [9.17, 15) is 4.79 Å². The summed E-state index contributed by atoms with van der Waals surface area (Å²) < 4.78 is 0. The second-order valence-electron chi connectivity index (χ2n) is 5.72. The van der Waals surface area contributed by atoms with Gasteiger partial charge in [-0.25, -0.2) is 0 Å². The lowest BCUT2D eigenvalue weighted by Crippen LogP contribution is -2.31. The number of likely N-dealkylation sites (N-methyl/N-ethyl adjacent to an activating group) is 1. The molecular formula is C17H24N2O. The van der Waals surface area contributed by atoms with Gasteiger partial charge in [-0.3, -0.25) is 4.79 Å². The summed E-state index contributed by atoms with van der Waals surface area (Å²) in [5.41, 5.74) is 7.37. The average molecular weight is 272 g/mol. The maximum atomic E-state index is 12.1. The lowest BCUT2D eigenvalue weighted by atomic mass is 9.89. The van der Waals surface area contributed by atoms with Gasteiger partial charge in [-0.15, -0.1) is 0 Å². The summed E-state index contributed by atoms with van der Waals surface area (Å²) in [4.78, 5) is 13.9. The average Bonchev–Trinajstić information content (AvgIpc) is 2.47. The van der Waals surface area contributed by atoms with Gasteiger partial charge in [0, 0.05) is 25.4 Å². The summed E-state index contributed by atoms with van der Waals surface area (Å²) in [5.74, 6) is 0.759. The predicted octanol–water partition coefficient (Wildman–Crippen LogP) is 3.32. The van der Waals surface area contributed by atoms with Crippen molar-refractivity contribution in [3.8, 4) is 0 Å². The molecule has 1 fully saturated rings. The van der Waals surface area contributed by atoms with E-state index >= 15 is 0 Å². The maximum absolute atomic E-state index is 12.1. The fourth-order valence-electron chi connectivity index (χ4n) is 2.75. The summed E-state index contributed by atoms with van der Waals surface area (Å²) in [6.45, 7) is 0.880. The van der Waals surface area contributed by atoms with E-state index in [2.05, 4.69) is 0 Å². The van der Waals surface area contributed by atoms with Crippen molar-refractivity contribution in [2.45, 2.75) is 32.1 Å². The molecule has 3 nitrogen and oxygen atoms in total. The molecule has 0 unspecified atom stereocenters. The standard InChI is InChI=1S/C17H24N2O/c1-19(13-15-5-3-2-4-6-15)17(20)12-9-14-7-10-16(18)11-8-14/h7-12,15H,2-6,13,18H2,1H3/b12-9+. The minimum atomic E-state index is 0.0763. The van der Waals surface area contributed by atoms with Crippen molar-refractivity contribution >= 4 is 17.7 Å². The normalized spacial score (nSPS) is 16.4. The van der Waals surface area contributed by atoms with E-state index in [0.717, 1.165) is 17.8 Å². The number of nitrogen functional groups attached to an aromatic ring is 1. The number of hydrogen-bond acceptors (Lipinski definition) is 2. The Hall–Kier alpha value is -1.77. The van der Waals surface area contributed by atoms with E-state index in [-0.39, 0.29) is 5.91 Å². The molecule has 0 aromatic heterocycles. The third kappa shape index (κ3) is 4.41. The third-order valence-electron chi connectivity index (χ3n) is 3.99. The monoisotopic (exact) mass is 272 g/mol. The second-order valence-corrected chi connectivity index (χ2v) is 5.72. The van der Waals surface area contributed by atoms with E-state index in [1.165, 1.54) is 32.1 Å². The number of nitrogens with zero attached hydrogens (tertiary/aromatic N) is 1. The summed E-state index contributed by atoms with van der Waals surface area (Å²) >= 11 is 0. The minimum absolute atomic E-state index is 0.0763. The molecule has 3 heteroatoms. The zero-order valence-electron chi connectivity index (χ0n) is 12.2. The van der Waals surface area contributed by atoms with Crippen LogP contribution in [-0.4, -0.2) is 24.4 Å². The highest BCUT2D eigenvalue weighted by Gasteiger charge is 2.16. The minimum Gasteiger partial charge on any atom is -0.399 e. The summed E-state index contributed by atoms with van der Waals surface area (Å²) in [7, 11) is 1.89. The molecule has 0 heterocycles. The van der Waals surface area contributed by atoms with Crippen LogP contribution in [0.25, 0.3) is 6.08 Å². The molecule has 2 rings (SSSR count). The van der Waals surface area contributed by atoms with Crippen molar-refractivity contribution in [2.75, 3.05) is 19.3 Å². The molecule has 1 aliphatic carbocycles. The van der Waals surface area contributed by atoms with Crippen LogP contribution in [0.15, 0.2) is 30.3 Å². The highest BCUT2D eigenvalue weighted by molar-refractivity contribution is 5.91. The number of amides is 1. The Bertz CT molecular complexity index is 458. The van der Waals surface area contributed by atoms with Crippen LogP contribution in [0.1, 0.15) is 37.7 Å².